The van der Waals surface area contributed by atoms with Crippen LogP contribution in [0.15, 0.2) is 24.4 Å². The van der Waals surface area contributed by atoms with Crippen LogP contribution in [-0.4, -0.2) is 9.78 Å². The Morgan fingerprint density at radius 2 is 2.05 bits per heavy atom. The van der Waals surface area contributed by atoms with E-state index in [1.54, 1.807) is 24.0 Å². The molecule has 0 spiro atoms. The lowest BCUT2D eigenvalue weighted by Crippen LogP contribution is -2.06. The first kappa shape index (κ1) is 13.5. The van der Waals surface area contributed by atoms with Gasteiger partial charge in [0.05, 0.1) is 5.69 Å². The second-order valence-electron chi connectivity index (χ2n) is 4.69. The molecule has 1 heterocycles. The molecule has 1 aromatic carbocycles. The number of halogens is 2. The van der Waals surface area contributed by atoms with Crippen molar-refractivity contribution in [1.29, 1.82) is 0 Å². The van der Waals surface area contributed by atoms with Crippen molar-refractivity contribution in [3.05, 3.63) is 47.3 Å². The third-order valence-electron chi connectivity index (χ3n) is 2.93. The Balaban J connectivity index is 2.26. The lowest BCUT2D eigenvalue weighted by Gasteiger charge is -2.15. The maximum Gasteiger partial charge on any atom is 0.133 e. The van der Waals surface area contributed by atoms with Crippen LogP contribution in [0, 0.1) is 11.6 Å². The molecule has 0 aliphatic rings. The van der Waals surface area contributed by atoms with E-state index in [0.717, 1.165) is 11.8 Å². The number of benzene rings is 1. The molecular formula is C14H16F2N2O. The SMILES string of the molecule is CC(C)c1c(F)cc(F)cc1OCc1ccnn1C. The predicted octanol–water partition coefficient (Wildman–Crippen LogP) is 3.40. The number of rotatable bonds is 4. The first-order chi connectivity index (χ1) is 8.99. The van der Waals surface area contributed by atoms with Crippen molar-refractivity contribution < 1.29 is 13.5 Å². The van der Waals surface area contributed by atoms with Crippen LogP contribution in [0.4, 0.5) is 8.78 Å². The van der Waals surface area contributed by atoms with Crippen molar-refractivity contribution >= 4 is 0 Å². The highest BCUT2D eigenvalue weighted by Crippen LogP contribution is 2.30. The van der Waals surface area contributed by atoms with Crippen molar-refractivity contribution in [2.75, 3.05) is 0 Å². The summed E-state index contributed by atoms with van der Waals surface area (Å²) in [5, 5.41) is 4.01. The normalized spacial score (nSPS) is 11.1. The maximum atomic E-state index is 13.8. The molecule has 2 aromatic rings. The second-order valence-corrected chi connectivity index (χ2v) is 4.69. The second kappa shape index (κ2) is 5.38. The molecule has 0 atom stereocenters. The monoisotopic (exact) mass is 266 g/mol. The van der Waals surface area contributed by atoms with Crippen molar-refractivity contribution in [2.24, 2.45) is 7.05 Å². The number of aromatic nitrogens is 2. The summed E-state index contributed by atoms with van der Waals surface area (Å²) < 4.78 is 34.3. The zero-order chi connectivity index (χ0) is 14.0. The van der Waals surface area contributed by atoms with E-state index in [-0.39, 0.29) is 18.3 Å². The number of aryl methyl sites for hydroxylation is 1. The topological polar surface area (TPSA) is 27.1 Å². The molecule has 0 amide bonds. The largest absolute Gasteiger partial charge is 0.487 e. The van der Waals surface area contributed by atoms with Gasteiger partial charge < -0.3 is 4.74 Å². The van der Waals surface area contributed by atoms with Crippen molar-refractivity contribution in [1.82, 2.24) is 9.78 Å². The van der Waals surface area contributed by atoms with E-state index >= 15 is 0 Å². The van der Waals surface area contributed by atoms with Gasteiger partial charge in [0.25, 0.3) is 0 Å². The molecule has 0 fully saturated rings. The molecule has 0 aliphatic heterocycles. The molecule has 0 radical (unpaired) electrons. The van der Waals surface area contributed by atoms with E-state index in [1.807, 2.05) is 13.8 Å². The van der Waals surface area contributed by atoms with Gasteiger partial charge in [-0.3, -0.25) is 4.68 Å². The number of ether oxygens (including phenoxy) is 1. The van der Waals surface area contributed by atoms with E-state index in [4.69, 9.17) is 4.74 Å². The zero-order valence-electron chi connectivity index (χ0n) is 11.2. The molecule has 5 heteroatoms. The molecule has 0 bridgehead atoms. The predicted molar refractivity (Wildman–Crippen MR) is 68.0 cm³/mol. The molecule has 0 saturated heterocycles. The standard InChI is InChI=1S/C14H16F2N2O/c1-9(2)14-12(16)6-10(15)7-13(14)19-8-11-4-5-17-18(11)3/h4-7,9H,8H2,1-3H3. The van der Waals surface area contributed by atoms with Crippen molar-refractivity contribution in [3.8, 4) is 5.75 Å². The first-order valence-corrected chi connectivity index (χ1v) is 6.07. The quantitative estimate of drug-likeness (QED) is 0.848. The van der Waals surface area contributed by atoms with E-state index in [1.165, 1.54) is 6.07 Å². The molecular weight excluding hydrogens is 250 g/mol. The number of nitrogens with zero attached hydrogens (tertiary/aromatic N) is 2. The van der Waals surface area contributed by atoms with Gasteiger partial charge in [-0.05, 0) is 12.0 Å². The van der Waals surface area contributed by atoms with Crippen LogP contribution in [0.5, 0.6) is 5.75 Å². The van der Waals surface area contributed by atoms with Crippen LogP contribution in [0.25, 0.3) is 0 Å². The molecule has 0 saturated carbocycles. The minimum absolute atomic E-state index is 0.0814. The van der Waals surface area contributed by atoms with Crippen LogP contribution >= 0.6 is 0 Å². The molecule has 3 nitrogen and oxygen atoms in total. The summed E-state index contributed by atoms with van der Waals surface area (Å²) in [5.74, 6) is -1.05. The van der Waals surface area contributed by atoms with Gasteiger partial charge in [-0.25, -0.2) is 8.78 Å². The highest BCUT2D eigenvalue weighted by Gasteiger charge is 2.16. The average molecular weight is 266 g/mol. The highest BCUT2D eigenvalue weighted by molar-refractivity contribution is 5.37. The molecule has 2 rings (SSSR count). The van der Waals surface area contributed by atoms with Gasteiger partial charge in [0.15, 0.2) is 0 Å². The third-order valence-corrected chi connectivity index (χ3v) is 2.93. The van der Waals surface area contributed by atoms with E-state index < -0.39 is 11.6 Å². The summed E-state index contributed by atoms with van der Waals surface area (Å²) in [6.07, 6.45) is 1.65. The summed E-state index contributed by atoms with van der Waals surface area (Å²) in [5.41, 5.74) is 1.22. The molecule has 0 aliphatic carbocycles. The third kappa shape index (κ3) is 2.92. The maximum absolute atomic E-state index is 13.8. The lowest BCUT2D eigenvalue weighted by molar-refractivity contribution is 0.286. The minimum Gasteiger partial charge on any atom is -0.487 e. The molecule has 0 unspecified atom stereocenters. The minimum atomic E-state index is -0.637. The van der Waals surface area contributed by atoms with Crippen LogP contribution in [0.3, 0.4) is 0 Å². The zero-order valence-corrected chi connectivity index (χ0v) is 11.2. The molecule has 0 N–H and O–H groups in total. The Morgan fingerprint density at radius 1 is 1.32 bits per heavy atom. The summed E-state index contributed by atoms with van der Waals surface area (Å²) in [6.45, 7) is 3.90. The Kier molecular flexibility index (Phi) is 3.83. The Hall–Kier alpha value is -1.91. The van der Waals surface area contributed by atoms with Gasteiger partial charge in [0, 0.05) is 30.9 Å². The van der Waals surface area contributed by atoms with Gasteiger partial charge in [-0.1, -0.05) is 13.8 Å². The van der Waals surface area contributed by atoms with Crippen molar-refractivity contribution in [3.63, 3.8) is 0 Å². The number of hydrogen-bond donors (Lipinski definition) is 0. The fourth-order valence-corrected chi connectivity index (χ4v) is 1.94. The van der Waals surface area contributed by atoms with Crippen LogP contribution in [0.2, 0.25) is 0 Å². The van der Waals surface area contributed by atoms with E-state index in [0.29, 0.717) is 5.56 Å². The molecule has 102 valence electrons. The Bertz CT molecular complexity index is 579. The Labute approximate surface area is 110 Å². The molecule has 19 heavy (non-hydrogen) atoms. The van der Waals surface area contributed by atoms with Crippen LogP contribution in [-0.2, 0) is 13.7 Å². The smallest absolute Gasteiger partial charge is 0.133 e. The summed E-state index contributed by atoms with van der Waals surface area (Å²) in [6, 6.07) is 3.89. The fourth-order valence-electron chi connectivity index (χ4n) is 1.94. The summed E-state index contributed by atoms with van der Waals surface area (Å²) >= 11 is 0. The van der Waals surface area contributed by atoms with Gasteiger partial charge >= 0.3 is 0 Å². The average Bonchev–Trinajstić information content (AvgIpc) is 2.70. The van der Waals surface area contributed by atoms with Crippen molar-refractivity contribution in [2.45, 2.75) is 26.4 Å². The van der Waals surface area contributed by atoms with Gasteiger partial charge in [-0.15, -0.1) is 0 Å². The van der Waals surface area contributed by atoms with Crippen LogP contribution in [0.1, 0.15) is 31.0 Å². The lowest BCUT2D eigenvalue weighted by atomic mass is 10.0. The summed E-state index contributed by atoms with van der Waals surface area (Å²) in [7, 11) is 1.79. The first-order valence-electron chi connectivity index (χ1n) is 6.07. The van der Waals surface area contributed by atoms with E-state index in [2.05, 4.69) is 5.10 Å². The fraction of sp³-hybridized carbons (Fsp3) is 0.357. The number of hydrogen-bond acceptors (Lipinski definition) is 2. The van der Waals surface area contributed by atoms with Crippen LogP contribution < -0.4 is 4.74 Å². The van der Waals surface area contributed by atoms with E-state index in [9.17, 15) is 8.78 Å². The Morgan fingerprint density at radius 3 is 2.63 bits per heavy atom. The van der Waals surface area contributed by atoms with Gasteiger partial charge in [-0.2, -0.15) is 5.10 Å². The highest BCUT2D eigenvalue weighted by atomic mass is 19.1. The molecule has 1 aromatic heterocycles. The summed E-state index contributed by atoms with van der Waals surface area (Å²) in [4.78, 5) is 0. The van der Waals surface area contributed by atoms with Gasteiger partial charge in [0.2, 0.25) is 0 Å². The van der Waals surface area contributed by atoms with Gasteiger partial charge in [0.1, 0.15) is 24.0 Å².